The van der Waals surface area contributed by atoms with Gasteiger partial charge in [0.15, 0.2) is 5.82 Å². The first-order valence-electron chi connectivity index (χ1n) is 9.10. The zero-order valence-electron chi connectivity index (χ0n) is 14.0. The number of ether oxygens (including phenoxy) is 1. The molecule has 0 spiro atoms. The minimum Gasteiger partial charge on any atom is -0.375 e. The second kappa shape index (κ2) is 7.40. The molecule has 24 heavy (non-hydrogen) atoms. The summed E-state index contributed by atoms with van der Waals surface area (Å²) in [6, 6.07) is 10.7. The highest BCUT2D eigenvalue weighted by molar-refractivity contribution is 5.30. The standard InChI is InChI=1S/C18H25N5O/c1-2-7-15(8-3-1)23-18(19-20-21-23)11-6-12-22-13-14-24-17-10-5-4-9-16(17)22/h1-3,7-8,16-17H,4-6,9-14H2/t16-,17-/m1/s1. The Bertz CT molecular complexity index is 642. The Labute approximate surface area is 142 Å². The smallest absolute Gasteiger partial charge is 0.156 e. The molecule has 4 rings (SSSR count). The Hall–Kier alpha value is -1.79. The molecule has 6 nitrogen and oxygen atoms in total. The Morgan fingerprint density at radius 1 is 1.12 bits per heavy atom. The predicted octanol–water partition coefficient (Wildman–Crippen LogP) is 2.24. The molecule has 1 aliphatic carbocycles. The van der Waals surface area contributed by atoms with Gasteiger partial charge in [0.2, 0.25) is 0 Å². The number of aromatic nitrogens is 4. The van der Waals surface area contributed by atoms with Crippen LogP contribution in [-0.4, -0.2) is 56.9 Å². The van der Waals surface area contributed by atoms with Crippen molar-refractivity contribution in [1.82, 2.24) is 25.1 Å². The van der Waals surface area contributed by atoms with Crippen LogP contribution in [0.2, 0.25) is 0 Å². The number of benzene rings is 1. The summed E-state index contributed by atoms with van der Waals surface area (Å²) in [6.07, 6.45) is 7.61. The lowest BCUT2D eigenvalue weighted by atomic mass is 9.90. The highest BCUT2D eigenvalue weighted by Crippen LogP contribution is 2.28. The molecule has 6 heteroatoms. The summed E-state index contributed by atoms with van der Waals surface area (Å²) in [5, 5.41) is 12.2. The maximum Gasteiger partial charge on any atom is 0.156 e. The van der Waals surface area contributed by atoms with Gasteiger partial charge in [0.1, 0.15) is 0 Å². The van der Waals surface area contributed by atoms with E-state index in [0.717, 1.165) is 44.0 Å². The number of aryl methyl sites for hydroxylation is 1. The average molecular weight is 327 g/mol. The minimum atomic E-state index is 0.460. The van der Waals surface area contributed by atoms with Gasteiger partial charge in [0.25, 0.3) is 0 Å². The van der Waals surface area contributed by atoms with E-state index in [-0.39, 0.29) is 0 Å². The summed E-state index contributed by atoms with van der Waals surface area (Å²) in [6.45, 7) is 3.04. The van der Waals surface area contributed by atoms with Crippen molar-refractivity contribution in [3.8, 4) is 5.69 Å². The average Bonchev–Trinajstić information content (AvgIpc) is 3.11. The van der Waals surface area contributed by atoms with Crippen LogP contribution in [0.5, 0.6) is 0 Å². The SMILES string of the molecule is c1ccc(-n2nnnc2CCCN2CCO[C@@H]3CCCC[C@H]32)cc1. The summed E-state index contributed by atoms with van der Waals surface area (Å²) in [7, 11) is 0. The molecule has 2 aromatic rings. The Morgan fingerprint density at radius 2 is 2.00 bits per heavy atom. The van der Waals surface area contributed by atoms with E-state index in [9.17, 15) is 0 Å². The number of fused-ring (bicyclic) bond motifs is 1. The second-order valence-electron chi connectivity index (χ2n) is 6.74. The van der Waals surface area contributed by atoms with Gasteiger partial charge in [-0.15, -0.1) is 5.10 Å². The topological polar surface area (TPSA) is 56.1 Å². The monoisotopic (exact) mass is 327 g/mol. The van der Waals surface area contributed by atoms with E-state index in [4.69, 9.17) is 4.74 Å². The van der Waals surface area contributed by atoms with Gasteiger partial charge in [-0.25, -0.2) is 0 Å². The molecule has 1 aromatic heterocycles. The molecular weight excluding hydrogens is 302 g/mol. The van der Waals surface area contributed by atoms with Gasteiger partial charge >= 0.3 is 0 Å². The van der Waals surface area contributed by atoms with E-state index in [1.54, 1.807) is 0 Å². The molecule has 1 saturated heterocycles. The van der Waals surface area contributed by atoms with Crippen LogP contribution in [0, 0.1) is 0 Å². The summed E-state index contributed by atoms with van der Waals surface area (Å²) >= 11 is 0. The normalized spacial score (nSPS) is 24.7. The van der Waals surface area contributed by atoms with Gasteiger partial charge < -0.3 is 4.74 Å². The molecule has 0 N–H and O–H groups in total. The zero-order chi connectivity index (χ0) is 16.2. The zero-order valence-corrected chi connectivity index (χ0v) is 14.0. The van der Waals surface area contributed by atoms with Crippen molar-refractivity contribution in [2.24, 2.45) is 0 Å². The number of hydrogen-bond donors (Lipinski definition) is 0. The maximum absolute atomic E-state index is 5.96. The molecule has 1 saturated carbocycles. The van der Waals surface area contributed by atoms with Gasteiger partial charge in [-0.3, -0.25) is 4.90 Å². The Balaban J connectivity index is 1.35. The molecular formula is C18H25N5O. The summed E-state index contributed by atoms with van der Waals surface area (Å²) in [5.41, 5.74) is 1.02. The van der Waals surface area contributed by atoms with Crippen LogP contribution in [0.1, 0.15) is 37.9 Å². The fraction of sp³-hybridized carbons (Fsp3) is 0.611. The van der Waals surface area contributed by atoms with Crippen molar-refractivity contribution in [3.05, 3.63) is 36.2 Å². The van der Waals surface area contributed by atoms with Crippen molar-refractivity contribution in [2.75, 3.05) is 19.7 Å². The van der Waals surface area contributed by atoms with Crippen molar-refractivity contribution in [1.29, 1.82) is 0 Å². The number of hydrogen-bond acceptors (Lipinski definition) is 5. The first-order chi connectivity index (χ1) is 11.9. The minimum absolute atomic E-state index is 0.460. The molecule has 128 valence electrons. The van der Waals surface area contributed by atoms with E-state index in [1.165, 1.54) is 25.7 Å². The molecule has 0 amide bonds. The van der Waals surface area contributed by atoms with Gasteiger partial charge in [0.05, 0.1) is 18.4 Å². The van der Waals surface area contributed by atoms with Crippen molar-refractivity contribution in [2.45, 2.75) is 50.7 Å². The number of nitrogens with zero attached hydrogens (tertiary/aromatic N) is 5. The fourth-order valence-corrected chi connectivity index (χ4v) is 4.03. The van der Waals surface area contributed by atoms with Crippen LogP contribution in [0.4, 0.5) is 0 Å². The van der Waals surface area contributed by atoms with Gasteiger partial charge in [-0.1, -0.05) is 31.0 Å². The van der Waals surface area contributed by atoms with Gasteiger partial charge in [-0.05, 0) is 48.4 Å². The lowest BCUT2D eigenvalue weighted by molar-refractivity contribution is -0.0881. The molecule has 0 unspecified atom stereocenters. The van der Waals surface area contributed by atoms with Crippen LogP contribution < -0.4 is 0 Å². The number of morpholine rings is 1. The third-order valence-electron chi connectivity index (χ3n) is 5.23. The summed E-state index contributed by atoms with van der Waals surface area (Å²) in [5.74, 6) is 0.939. The van der Waals surface area contributed by atoms with Crippen molar-refractivity contribution in [3.63, 3.8) is 0 Å². The quantitative estimate of drug-likeness (QED) is 0.843. The van der Waals surface area contributed by atoms with E-state index in [0.29, 0.717) is 12.1 Å². The number of tetrazole rings is 1. The first-order valence-corrected chi connectivity index (χ1v) is 9.10. The lowest BCUT2D eigenvalue weighted by Gasteiger charge is -2.43. The molecule has 1 aliphatic heterocycles. The maximum atomic E-state index is 5.96. The van der Waals surface area contributed by atoms with Crippen molar-refractivity contribution >= 4 is 0 Å². The second-order valence-corrected chi connectivity index (χ2v) is 6.74. The number of para-hydroxylation sites is 1. The van der Waals surface area contributed by atoms with Crippen LogP contribution in [0.15, 0.2) is 30.3 Å². The third-order valence-corrected chi connectivity index (χ3v) is 5.23. The van der Waals surface area contributed by atoms with Gasteiger partial charge in [-0.2, -0.15) is 4.68 Å². The fourth-order valence-electron chi connectivity index (χ4n) is 4.03. The summed E-state index contributed by atoms with van der Waals surface area (Å²) < 4.78 is 7.81. The molecule has 0 radical (unpaired) electrons. The van der Waals surface area contributed by atoms with E-state index in [1.807, 2.05) is 35.0 Å². The van der Waals surface area contributed by atoms with Crippen LogP contribution in [0.3, 0.4) is 0 Å². The highest BCUT2D eigenvalue weighted by atomic mass is 16.5. The summed E-state index contributed by atoms with van der Waals surface area (Å²) in [4.78, 5) is 2.63. The van der Waals surface area contributed by atoms with Crippen LogP contribution in [-0.2, 0) is 11.2 Å². The molecule has 0 bridgehead atoms. The third kappa shape index (κ3) is 3.35. The van der Waals surface area contributed by atoms with E-state index >= 15 is 0 Å². The van der Waals surface area contributed by atoms with E-state index < -0.39 is 0 Å². The largest absolute Gasteiger partial charge is 0.375 e. The molecule has 2 fully saturated rings. The molecule has 2 aliphatic rings. The molecule has 2 atom stereocenters. The van der Waals surface area contributed by atoms with E-state index in [2.05, 4.69) is 20.4 Å². The predicted molar refractivity (Wildman–Crippen MR) is 91.0 cm³/mol. The molecule has 1 aromatic carbocycles. The lowest BCUT2D eigenvalue weighted by Crippen LogP contribution is -2.52. The Morgan fingerprint density at radius 3 is 2.92 bits per heavy atom. The Kier molecular flexibility index (Phi) is 4.85. The van der Waals surface area contributed by atoms with Gasteiger partial charge in [0, 0.05) is 19.0 Å². The highest BCUT2D eigenvalue weighted by Gasteiger charge is 2.33. The van der Waals surface area contributed by atoms with Crippen LogP contribution in [0.25, 0.3) is 5.69 Å². The number of rotatable bonds is 5. The molecule has 2 heterocycles. The van der Waals surface area contributed by atoms with Crippen LogP contribution >= 0.6 is 0 Å². The first kappa shape index (κ1) is 15.7. The van der Waals surface area contributed by atoms with Crippen molar-refractivity contribution < 1.29 is 4.74 Å².